The first-order chi connectivity index (χ1) is 7.19. The van der Waals surface area contributed by atoms with Crippen LogP contribution in [0.2, 0.25) is 5.02 Å². The number of nitrogens with zero attached hydrogens (tertiary/aromatic N) is 1. The Bertz CT molecular complexity index is 357. The van der Waals surface area contributed by atoms with E-state index in [0.29, 0.717) is 10.9 Å². The number of hydrogen-bond donors (Lipinski definition) is 1. The lowest BCUT2D eigenvalue weighted by molar-refractivity contribution is 0.533. The van der Waals surface area contributed by atoms with Crippen molar-refractivity contribution in [2.24, 2.45) is 5.92 Å². The van der Waals surface area contributed by atoms with Crippen molar-refractivity contribution in [1.82, 2.24) is 0 Å². The molecule has 0 aliphatic carbocycles. The van der Waals surface area contributed by atoms with Gasteiger partial charge in [0.2, 0.25) is 0 Å². The molecular weight excluding hydrogens is 208 g/mol. The van der Waals surface area contributed by atoms with Gasteiger partial charge in [0.25, 0.3) is 0 Å². The van der Waals surface area contributed by atoms with Crippen molar-refractivity contribution in [2.75, 3.05) is 5.32 Å². The molecule has 0 fully saturated rings. The third-order valence-electron chi connectivity index (χ3n) is 2.54. The highest BCUT2D eigenvalue weighted by Crippen LogP contribution is 2.23. The third-order valence-corrected chi connectivity index (χ3v) is 2.87. The van der Waals surface area contributed by atoms with Gasteiger partial charge in [-0.25, -0.2) is 0 Å². The number of benzene rings is 1. The van der Waals surface area contributed by atoms with Crippen molar-refractivity contribution >= 4 is 17.3 Å². The maximum atomic E-state index is 9.02. The maximum Gasteiger partial charge on any atom is 0.117 e. The summed E-state index contributed by atoms with van der Waals surface area (Å²) in [6, 6.07) is 9.55. The molecule has 0 saturated heterocycles. The number of rotatable bonds is 4. The molecule has 0 bridgehead atoms. The Balaban J connectivity index is 2.76. The van der Waals surface area contributed by atoms with Crippen LogP contribution in [0.25, 0.3) is 0 Å². The smallest absolute Gasteiger partial charge is 0.117 e. The summed E-state index contributed by atoms with van der Waals surface area (Å²) in [5.74, 6) is 0.311. The summed E-state index contributed by atoms with van der Waals surface area (Å²) in [4.78, 5) is 0. The number of nitrogens with one attached hydrogen (secondary N) is 1. The largest absolute Gasteiger partial charge is 0.368 e. The molecule has 0 aliphatic rings. The quantitative estimate of drug-likeness (QED) is 0.844. The fraction of sp³-hybridized carbons (Fsp3) is 0.417. The molecule has 0 aliphatic heterocycles. The Morgan fingerprint density at radius 3 is 2.67 bits per heavy atom. The van der Waals surface area contributed by atoms with Crippen molar-refractivity contribution in [3.63, 3.8) is 0 Å². The number of halogens is 1. The first-order valence-corrected chi connectivity index (χ1v) is 5.47. The molecule has 0 spiro atoms. The zero-order valence-corrected chi connectivity index (χ0v) is 9.75. The summed E-state index contributed by atoms with van der Waals surface area (Å²) in [6.07, 6.45) is 0.968. The van der Waals surface area contributed by atoms with Crippen molar-refractivity contribution < 1.29 is 0 Å². The van der Waals surface area contributed by atoms with Gasteiger partial charge < -0.3 is 5.32 Å². The minimum absolute atomic E-state index is 0.185. The van der Waals surface area contributed by atoms with Crippen LogP contribution < -0.4 is 5.32 Å². The Hall–Kier alpha value is -1.20. The number of hydrogen-bond acceptors (Lipinski definition) is 2. The van der Waals surface area contributed by atoms with Crippen LogP contribution in [-0.4, -0.2) is 6.04 Å². The van der Waals surface area contributed by atoms with E-state index in [1.54, 1.807) is 0 Å². The second kappa shape index (κ2) is 5.63. The highest BCUT2D eigenvalue weighted by atomic mass is 35.5. The lowest BCUT2D eigenvalue weighted by Gasteiger charge is -2.19. The van der Waals surface area contributed by atoms with E-state index < -0.39 is 0 Å². The zero-order valence-electron chi connectivity index (χ0n) is 9.00. The maximum absolute atomic E-state index is 9.02. The first-order valence-electron chi connectivity index (χ1n) is 5.09. The molecule has 0 saturated carbocycles. The van der Waals surface area contributed by atoms with Gasteiger partial charge in [-0.05, 0) is 18.1 Å². The van der Waals surface area contributed by atoms with Crippen LogP contribution in [0, 0.1) is 17.2 Å². The summed E-state index contributed by atoms with van der Waals surface area (Å²) < 4.78 is 0. The van der Waals surface area contributed by atoms with Crippen LogP contribution in [0.4, 0.5) is 5.69 Å². The van der Waals surface area contributed by atoms with E-state index in [9.17, 15) is 0 Å². The van der Waals surface area contributed by atoms with Crippen molar-refractivity contribution in [1.29, 1.82) is 5.26 Å². The van der Waals surface area contributed by atoms with Crippen molar-refractivity contribution in [3.05, 3.63) is 29.3 Å². The van der Waals surface area contributed by atoms with Gasteiger partial charge in [-0.1, -0.05) is 44.0 Å². The molecule has 0 heterocycles. The van der Waals surface area contributed by atoms with Gasteiger partial charge in [0, 0.05) is 0 Å². The molecule has 0 radical (unpaired) electrons. The molecule has 1 rings (SSSR count). The molecule has 1 aromatic rings. The Kier molecular flexibility index (Phi) is 4.45. The summed E-state index contributed by atoms with van der Waals surface area (Å²) in [5.41, 5.74) is 0.825. The molecule has 15 heavy (non-hydrogen) atoms. The van der Waals surface area contributed by atoms with Gasteiger partial charge in [-0.2, -0.15) is 5.26 Å². The van der Waals surface area contributed by atoms with Gasteiger partial charge >= 0.3 is 0 Å². The topological polar surface area (TPSA) is 35.8 Å². The summed E-state index contributed by atoms with van der Waals surface area (Å²) >= 11 is 6.00. The zero-order chi connectivity index (χ0) is 11.3. The van der Waals surface area contributed by atoms with Crippen LogP contribution in [0.1, 0.15) is 20.3 Å². The monoisotopic (exact) mass is 222 g/mol. The molecular formula is C12H15ClN2. The minimum Gasteiger partial charge on any atom is -0.368 e. The minimum atomic E-state index is -0.185. The van der Waals surface area contributed by atoms with E-state index in [4.69, 9.17) is 16.9 Å². The van der Waals surface area contributed by atoms with Crippen LogP contribution in [-0.2, 0) is 0 Å². The fourth-order valence-electron chi connectivity index (χ4n) is 1.28. The third kappa shape index (κ3) is 3.14. The summed E-state index contributed by atoms with van der Waals surface area (Å²) in [5, 5.41) is 12.8. The van der Waals surface area contributed by atoms with Crippen LogP contribution in [0.15, 0.2) is 24.3 Å². The summed E-state index contributed by atoms with van der Waals surface area (Å²) in [7, 11) is 0. The summed E-state index contributed by atoms with van der Waals surface area (Å²) in [6.45, 7) is 4.13. The number of anilines is 1. The first kappa shape index (κ1) is 11.9. The number of para-hydroxylation sites is 1. The molecule has 1 N–H and O–H groups in total. The molecule has 0 amide bonds. The Morgan fingerprint density at radius 2 is 2.13 bits per heavy atom. The van der Waals surface area contributed by atoms with E-state index in [1.807, 2.05) is 24.3 Å². The second-order valence-electron chi connectivity index (χ2n) is 3.62. The van der Waals surface area contributed by atoms with Gasteiger partial charge in [-0.15, -0.1) is 0 Å². The van der Waals surface area contributed by atoms with Gasteiger partial charge in [-0.3, -0.25) is 0 Å². The van der Waals surface area contributed by atoms with Crippen LogP contribution in [0.3, 0.4) is 0 Å². The molecule has 1 aromatic carbocycles. The standard InChI is InChI=1S/C12H15ClN2/c1-3-9(2)12(8-14)15-11-7-5-4-6-10(11)13/h4-7,9,12,15H,3H2,1-2H3. The Morgan fingerprint density at radius 1 is 1.47 bits per heavy atom. The van der Waals surface area contributed by atoms with Crippen LogP contribution in [0.5, 0.6) is 0 Å². The lowest BCUT2D eigenvalue weighted by Crippen LogP contribution is -2.25. The molecule has 2 nitrogen and oxygen atoms in total. The Labute approximate surface area is 95.9 Å². The SMILES string of the molecule is CCC(C)C(C#N)Nc1ccccc1Cl. The van der Waals surface area contributed by atoms with Gasteiger partial charge in [0.05, 0.1) is 16.8 Å². The van der Waals surface area contributed by atoms with E-state index >= 15 is 0 Å². The van der Waals surface area contributed by atoms with E-state index in [2.05, 4.69) is 25.2 Å². The number of nitriles is 1. The predicted octanol–water partition coefficient (Wildman–Crippen LogP) is 3.69. The van der Waals surface area contributed by atoms with Crippen molar-refractivity contribution in [3.8, 4) is 6.07 Å². The van der Waals surface area contributed by atoms with Crippen LogP contribution >= 0.6 is 11.6 Å². The average molecular weight is 223 g/mol. The van der Waals surface area contributed by atoms with Gasteiger partial charge in [0.15, 0.2) is 0 Å². The lowest BCUT2D eigenvalue weighted by atomic mass is 10.0. The molecule has 0 aromatic heterocycles. The normalized spacial score (nSPS) is 14.0. The van der Waals surface area contributed by atoms with E-state index in [-0.39, 0.29) is 6.04 Å². The average Bonchev–Trinajstić information content (AvgIpc) is 2.27. The van der Waals surface area contributed by atoms with E-state index in [1.165, 1.54) is 0 Å². The highest BCUT2D eigenvalue weighted by Gasteiger charge is 2.15. The molecule has 3 heteroatoms. The predicted molar refractivity (Wildman–Crippen MR) is 63.9 cm³/mol. The molecule has 80 valence electrons. The van der Waals surface area contributed by atoms with Crippen molar-refractivity contribution in [2.45, 2.75) is 26.3 Å². The highest BCUT2D eigenvalue weighted by molar-refractivity contribution is 6.33. The molecule has 2 unspecified atom stereocenters. The van der Waals surface area contributed by atoms with E-state index in [0.717, 1.165) is 12.1 Å². The van der Waals surface area contributed by atoms with Gasteiger partial charge in [0.1, 0.15) is 6.04 Å². The fourth-order valence-corrected chi connectivity index (χ4v) is 1.47. The second-order valence-corrected chi connectivity index (χ2v) is 4.02. The molecule has 2 atom stereocenters.